The average molecular weight is 917 g/mol. The van der Waals surface area contributed by atoms with Gasteiger partial charge in [0.25, 0.3) is 0 Å². The second-order valence-electron chi connectivity index (χ2n) is 16.4. The monoisotopic (exact) mass is 916 g/mol. The summed E-state index contributed by atoms with van der Waals surface area (Å²) in [6.07, 6.45) is 3.94. The average Bonchev–Trinajstić information content (AvgIpc) is 4.06. The Morgan fingerprint density at radius 3 is 1.54 bits per heavy atom. The van der Waals surface area contributed by atoms with Crippen molar-refractivity contribution in [1.29, 1.82) is 0 Å². The summed E-state index contributed by atoms with van der Waals surface area (Å²) >= 11 is 2.68. The smallest absolute Gasteiger partial charge is 0.184 e. The van der Waals surface area contributed by atoms with Crippen molar-refractivity contribution < 1.29 is 33.3 Å². The lowest BCUT2D eigenvalue weighted by Gasteiger charge is -2.19. The molecule has 0 unspecified atom stereocenters. The van der Waals surface area contributed by atoms with Gasteiger partial charge in [0.05, 0.1) is 59.6 Å². The third-order valence-electron chi connectivity index (χ3n) is 9.79. The molecule has 8 aromatic rings. The quantitative estimate of drug-likeness (QED) is 0.0765. The van der Waals surface area contributed by atoms with E-state index in [0.717, 1.165) is 49.8 Å². The van der Waals surface area contributed by atoms with Gasteiger partial charge in [-0.2, -0.15) is 10.2 Å². The van der Waals surface area contributed by atoms with Crippen molar-refractivity contribution in [3.63, 3.8) is 0 Å². The van der Waals surface area contributed by atoms with Crippen molar-refractivity contribution in [3.8, 4) is 22.5 Å². The second-order valence-corrected chi connectivity index (χ2v) is 18.6. The van der Waals surface area contributed by atoms with E-state index in [4.69, 9.17) is 19.7 Å². The number of nitrogens with zero attached hydrogens (tertiary/aromatic N) is 6. The molecule has 1 fully saturated rings. The van der Waals surface area contributed by atoms with Crippen LogP contribution in [0.3, 0.4) is 0 Å². The Balaban J connectivity index is 0.000000178. The highest BCUT2D eigenvalue weighted by Gasteiger charge is 2.21. The van der Waals surface area contributed by atoms with Gasteiger partial charge < -0.3 is 30.3 Å². The van der Waals surface area contributed by atoms with Gasteiger partial charge in [-0.25, -0.2) is 27.8 Å². The van der Waals surface area contributed by atoms with Gasteiger partial charge in [0.1, 0.15) is 28.0 Å². The molecule has 13 nitrogen and oxygen atoms in total. The van der Waals surface area contributed by atoms with Crippen LogP contribution in [0.15, 0.2) is 141 Å². The molecule has 17 heteroatoms. The van der Waals surface area contributed by atoms with Crippen LogP contribution in [0.5, 0.6) is 0 Å². The highest BCUT2D eigenvalue weighted by atomic mass is 32.2. The van der Waals surface area contributed by atoms with Crippen LogP contribution in [-0.4, -0.2) is 83.2 Å². The predicted octanol–water partition coefficient (Wildman–Crippen LogP) is 9.60. The van der Waals surface area contributed by atoms with E-state index < -0.39 is 11.2 Å². The minimum atomic E-state index is -0.920. The molecule has 0 amide bonds. The lowest BCUT2D eigenvalue weighted by molar-refractivity contribution is -0.0441. The summed E-state index contributed by atoms with van der Waals surface area (Å²) in [6.45, 7) is 8.72. The summed E-state index contributed by atoms with van der Waals surface area (Å²) in [5.41, 5.74) is 5.72. The normalized spacial score (nSPS) is 13.2. The zero-order valence-electron chi connectivity index (χ0n) is 35.9. The molecule has 0 atom stereocenters. The van der Waals surface area contributed by atoms with Gasteiger partial charge in [-0.3, -0.25) is 4.79 Å². The van der Waals surface area contributed by atoms with Gasteiger partial charge in [0, 0.05) is 45.1 Å². The van der Waals surface area contributed by atoms with Crippen molar-refractivity contribution in [2.24, 2.45) is 0 Å². The van der Waals surface area contributed by atoms with E-state index in [1.165, 1.54) is 47.8 Å². The predicted molar refractivity (Wildman–Crippen MR) is 247 cm³/mol. The fraction of sp³-hybridized carbons (Fsp3) is 0.229. The lowest BCUT2D eigenvalue weighted by atomic mass is 10.1. The number of carbonyl (C=O) groups excluding carboxylic acids is 1. The molecule has 0 saturated carbocycles. The van der Waals surface area contributed by atoms with E-state index in [0.29, 0.717) is 58.9 Å². The second kappa shape index (κ2) is 19.5. The summed E-state index contributed by atoms with van der Waals surface area (Å²) in [6, 6.07) is 31.5. The van der Waals surface area contributed by atoms with E-state index in [9.17, 15) is 23.8 Å². The molecule has 1 aliphatic rings. The van der Waals surface area contributed by atoms with Crippen molar-refractivity contribution in [2.45, 2.75) is 65.0 Å². The highest BCUT2D eigenvalue weighted by molar-refractivity contribution is 7.99. The van der Waals surface area contributed by atoms with Crippen molar-refractivity contribution >= 4 is 52.5 Å². The van der Waals surface area contributed by atoms with E-state index in [2.05, 4.69) is 20.6 Å². The SMILES string of the molecule is CC(C)(O)CNc1cc(Sc2cccc(F)c2)nn2c(-c3ccc(C4OCCO4)cc3)cnc12.CC(C)(O)CNc1cc(Sc2cccc(F)c2)nn2c(-c3ccc(C=O)cc3)cnc12. The number of hydrogen-bond donors (Lipinski definition) is 4. The number of benzene rings is 4. The summed E-state index contributed by atoms with van der Waals surface area (Å²) < 4.78 is 42.0. The number of aliphatic hydroxyl groups is 2. The van der Waals surface area contributed by atoms with Crippen molar-refractivity contribution in [3.05, 3.63) is 144 Å². The molecule has 0 spiro atoms. The van der Waals surface area contributed by atoms with E-state index >= 15 is 0 Å². The number of aldehydes is 1. The molecule has 0 radical (unpaired) electrons. The van der Waals surface area contributed by atoms with E-state index in [-0.39, 0.29) is 17.9 Å². The summed E-state index contributed by atoms with van der Waals surface area (Å²) in [5.74, 6) is -0.616. The Bertz CT molecular complexity index is 2930. The number of anilines is 2. The van der Waals surface area contributed by atoms with Crippen LogP contribution in [0.1, 0.15) is 49.9 Å². The van der Waals surface area contributed by atoms with Crippen LogP contribution < -0.4 is 10.6 Å². The van der Waals surface area contributed by atoms with Crippen LogP contribution in [-0.2, 0) is 9.47 Å². The molecule has 1 aliphatic heterocycles. The van der Waals surface area contributed by atoms with Crippen LogP contribution in [0.2, 0.25) is 0 Å². The lowest BCUT2D eigenvalue weighted by Crippen LogP contribution is -2.29. The third-order valence-corrected chi connectivity index (χ3v) is 11.6. The number of halogens is 2. The highest BCUT2D eigenvalue weighted by Crippen LogP contribution is 2.34. The van der Waals surface area contributed by atoms with Crippen LogP contribution in [0.25, 0.3) is 33.8 Å². The Labute approximate surface area is 382 Å². The van der Waals surface area contributed by atoms with Crippen molar-refractivity contribution in [1.82, 2.24) is 29.2 Å². The molecule has 65 heavy (non-hydrogen) atoms. The van der Waals surface area contributed by atoms with Gasteiger partial charge in [-0.1, -0.05) is 84.2 Å². The molecular formula is C48H46F2N8O5S2. The van der Waals surface area contributed by atoms with Crippen molar-refractivity contribution in [2.75, 3.05) is 36.9 Å². The number of nitrogens with one attached hydrogen (secondary N) is 2. The molecule has 334 valence electrons. The summed E-state index contributed by atoms with van der Waals surface area (Å²) in [5, 5.41) is 37.7. The van der Waals surface area contributed by atoms with Gasteiger partial charge in [-0.15, -0.1) is 0 Å². The Morgan fingerprint density at radius 1 is 0.677 bits per heavy atom. The van der Waals surface area contributed by atoms with Crippen LogP contribution in [0, 0.1) is 11.6 Å². The number of fused-ring (bicyclic) bond motifs is 2. The molecule has 1 saturated heterocycles. The molecule has 0 bridgehead atoms. The minimum Gasteiger partial charge on any atom is -0.389 e. The minimum absolute atomic E-state index is 0.301. The first-order valence-electron chi connectivity index (χ1n) is 20.6. The molecule has 9 rings (SSSR count). The zero-order chi connectivity index (χ0) is 45.7. The first-order valence-corrected chi connectivity index (χ1v) is 22.3. The number of ether oxygens (including phenoxy) is 2. The fourth-order valence-electron chi connectivity index (χ4n) is 6.67. The number of imidazole rings is 2. The summed E-state index contributed by atoms with van der Waals surface area (Å²) in [4.78, 5) is 21.5. The molecule has 4 aromatic carbocycles. The zero-order valence-corrected chi connectivity index (χ0v) is 37.5. The van der Waals surface area contributed by atoms with Gasteiger partial charge >= 0.3 is 0 Å². The van der Waals surface area contributed by atoms with Crippen LogP contribution in [0.4, 0.5) is 20.2 Å². The van der Waals surface area contributed by atoms with E-state index in [1.807, 2.05) is 60.7 Å². The standard InChI is InChI=1S/C25H25FN4O3S.C23H21FN4O2S/c1-25(2,31)15-28-20-13-22(34-19-5-3-4-18(26)12-19)29-30-21(14-27-23(20)30)16-6-8-17(9-7-16)24-32-10-11-33-24;1-23(2,30)14-26-19-11-21(31-18-5-3-4-17(24)10-18)27-28-20(12-25-22(19)28)16-8-6-15(13-29)7-9-16/h3-9,12-14,24,28,31H,10-11,15H2,1-2H3;3-13,26,30H,14H2,1-2H3. The number of carbonyl (C=O) groups is 1. The maximum atomic E-state index is 13.7. The Morgan fingerprint density at radius 2 is 1.12 bits per heavy atom. The molecular weight excluding hydrogens is 871 g/mol. The maximum Gasteiger partial charge on any atom is 0.184 e. The third kappa shape index (κ3) is 11.6. The number of rotatable bonds is 14. The molecule has 4 N–H and O–H groups in total. The van der Waals surface area contributed by atoms with Gasteiger partial charge in [0.2, 0.25) is 0 Å². The topological polar surface area (TPSA) is 160 Å². The number of hydrogen-bond acceptors (Lipinski definition) is 13. The van der Waals surface area contributed by atoms with Gasteiger partial charge in [-0.05, 0) is 76.2 Å². The van der Waals surface area contributed by atoms with E-state index in [1.54, 1.807) is 73.4 Å². The fourth-order valence-corrected chi connectivity index (χ4v) is 8.38. The number of aromatic nitrogens is 6. The van der Waals surface area contributed by atoms with Crippen LogP contribution >= 0.6 is 23.5 Å². The molecule has 5 heterocycles. The Kier molecular flexibility index (Phi) is 13.6. The maximum absolute atomic E-state index is 13.7. The largest absolute Gasteiger partial charge is 0.389 e. The molecule has 4 aromatic heterocycles. The molecule has 0 aliphatic carbocycles. The first kappa shape index (κ1) is 45.4. The first-order chi connectivity index (χ1) is 31.2. The summed E-state index contributed by atoms with van der Waals surface area (Å²) in [7, 11) is 0. The Hall–Kier alpha value is -6.21. The van der Waals surface area contributed by atoms with Gasteiger partial charge in [0.15, 0.2) is 17.6 Å².